The first kappa shape index (κ1) is 15.3. The number of halogens is 1. The molecule has 0 bridgehead atoms. The molecule has 7 heteroatoms. The van der Waals surface area contributed by atoms with E-state index >= 15 is 0 Å². The third kappa shape index (κ3) is 5.09. The second kappa shape index (κ2) is 7.66. The number of carbonyl (C=O) groups is 1. The molecule has 21 heavy (non-hydrogen) atoms. The molecule has 2 amide bonds. The van der Waals surface area contributed by atoms with Crippen molar-refractivity contribution in [3.05, 3.63) is 53.6 Å². The third-order valence-electron chi connectivity index (χ3n) is 2.90. The molecule has 0 saturated heterocycles. The molecular formula is C14H17ClN4O2. The predicted octanol–water partition coefficient (Wildman–Crippen LogP) is 1.57. The molecule has 1 aromatic heterocycles. The zero-order valence-corrected chi connectivity index (χ0v) is 12.1. The van der Waals surface area contributed by atoms with Crippen LogP contribution < -0.4 is 10.6 Å². The van der Waals surface area contributed by atoms with Crippen molar-refractivity contribution in [1.82, 2.24) is 20.2 Å². The Morgan fingerprint density at radius 2 is 2.29 bits per heavy atom. The molecule has 0 unspecified atom stereocenters. The van der Waals surface area contributed by atoms with E-state index in [1.807, 2.05) is 10.8 Å². The highest BCUT2D eigenvalue weighted by atomic mass is 35.5. The number of benzene rings is 1. The van der Waals surface area contributed by atoms with Crippen molar-refractivity contribution in [2.45, 2.75) is 12.6 Å². The van der Waals surface area contributed by atoms with Gasteiger partial charge in [0.1, 0.15) is 0 Å². The standard InChI is InChI=1S/C14H17ClN4O2/c15-12-3-1-2-11(8-12)13(20)9-18-14(21)17-5-7-19-6-4-16-10-19/h1-4,6,8,10,13,20H,5,7,9H2,(H2,17,18,21)/t13-/m1/s1. The fourth-order valence-electron chi connectivity index (χ4n) is 1.80. The van der Waals surface area contributed by atoms with Crippen molar-refractivity contribution < 1.29 is 9.90 Å². The van der Waals surface area contributed by atoms with Crippen molar-refractivity contribution in [3.63, 3.8) is 0 Å². The number of aromatic nitrogens is 2. The number of imidazole rings is 1. The van der Waals surface area contributed by atoms with Gasteiger partial charge in [-0.25, -0.2) is 9.78 Å². The second-order valence-electron chi connectivity index (χ2n) is 4.51. The molecule has 0 fully saturated rings. The van der Waals surface area contributed by atoms with Crippen LogP contribution in [0.15, 0.2) is 43.0 Å². The van der Waals surface area contributed by atoms with Crippen molar-refractivity contribution in [1.29, 1.82) is 0 Å². The molecule has 112 valence electrons. The van der Waals surface area contributed by atoms with E-state index in [-0.39, 0.29) is 12.6 Å². The monoisotopic (exact) mass is 308 g/mol. The highest BCUT2D eigenvalue weighted by Gasteiger charge is 2.09. The minimum Gasteiger partial charge on any atom is -0.387 e. The molecule has 0 saturated carbocycles. The molecule has 3 N–H and O–H groups in total. The number of amides is 2. The van der Waals surface area contributed by atoms with Crippen LogP contribution in [0.25, 0.3) is 0 Å². The highest BCUT2D eigenvalue weighted by molar-refractivity contribution is 6.30. The molecule has 0 aliphatic carbocycles. The quantitative estimate of drug-likeness (QED) is 0.758. The van der Waals surface area contributed by atoms with E-state index < -0.39 is 6.10 Å². The first-order valence-corrected chi connectivity index (χ1v) is 6.94. The van der Waals surface area contributed by atoms with Gasteiger partial charge in [-0.1, -0.05) is 23.7 Å². The lowest BCUT2D eigenvalue weighted by atomic mass is 10.1. The van der Waals surface area contributed by atoms with Crippen LogP contribution in [0.5, 0.6) is 0 Å². The van der Waals surface area contributed by atoms with Crippen molar-refractivity contribution in [3.8, 4) is 0 Å². The number of hydrogen-bond donors (Lipinski definition) is 3. The summed E-state index contributed by atoms with van der Waals surface area (Å²) in [7, 11) is 0. The van der Waals surface area contributed by atoms with Crippen LogP contribution in [0.4, 0.5) is 4.79 Å². The summed E-state index contributed by atoms with van der Waals surface area (Å²) in [4.78, 5) is 15.5. The number of nitrogens with zero attached hydrogens (tertiary/aromatic N) is 2. The maximum Gasteiger partial charge on any atom is 0.314 e. The first-order chi connectivity index (χ1) is 10.1. The Hall–Kier alpha value is -2.05. The summed E-state index contributed by atoms with van der Waals surface area (Å²) in [5.74, 6) is 0. The smallest absolute Gasteiger partial charge is 0.314 e. The van der Waals surface area contributed by atoms with Crippen molar-refractivity contribution >= 4 is 17.6 Å². The molecule has 0 radical (unpaired) electrons. The van der Waals surface area contributed by atoms with Crippen LogP contribution in [-0.4, -0.2) is 33.8 Å². The third-order valence-corrected chi connectivity index (χ3v) is 3.14. The van der Waals surface area contributed by atoms with E-state index in [2.05, 4.69) is 15.6 Å². The Kier molecular flexibility index (Phi) is 5.59. The Morgan fingerprint density at radius 1 is 1.43 bits per heavy atom. The van der Waals surface area contributed by atoms with E-state index in [0.29, 0.717) is 23.7 Å². The van der Waals surface area contributed by atoms with Gasteiger partial charge in [-0.3, -0.25) is 0 Å². The molecule has 0 spiro atoms. The number of nitrogens with one attached hydrogen (secondary N) is 2. The number of carbonyl (C=O) groups excluding carboxylic acids is 1. The SMILES string of the molecule is O=C(NCCn1ccnc1)NC[C@@H](O)c1cccc(Cl)c1. The minimum absolute atomic E-state index is 0.122. The fourth-order valence-corrected chi connectivity index (χ4v) is 2.00. The second-order valence-corrected chi connectivity index (χ2v) is 4.94. The largest absolute Gasteiger partial charge is 0.387 e. The summed E-state index contributed by atoms with van der Waals surface area (Å²) in [6, 6.07) is 6.59. The van der Waals surface area contributed by atoms with Gasteiger partial charge in [-0.05, 0) is 17.7 Å². The predicted molar refractivity (Wildman–Crippen MR) is 80.0 cm³/mol. The number of aliphatic hydroxyl groups is 1. The summed E-state index contributed by atoms with van der Waals surface area (Å²) in [5, 5.41) is 15.8. The Labute approximate surface area is 127 Å². The van der Waals surface area contributed by atoms with Gasteiger partial charge in [0.2, 0.25) is 0 Å². The zero-order valence-electron chi connectivity index (χ0n) is 11.4. The van der Waals surface area contributed by atoms with Gasteiger partial charge in [0.25, 0.3) is 0 Å². The number of urea groups is 1. The summed E-state index contributed by atoms with van der Waals surface area (Å²) in [6.45, 7) is 1.25. The maximum absolute atomic E-state index is 11.6. The molecule has 0 aliphatic rings. The van der Waals surface area contributed by atoms with Crippen LogP contribution in [0.3, 0.4) is 0 Å². The van der Waals surface area contributed by atoms with Crippen molar-refractivity contribution in [2.75, 3.05) is 13.1 Å². The maximum atomic E-state index is 11.6. The van der Waals surface area contributed by atoms with Crippen LogP contribution in [0.2, 0.25) is 5.02 Å². The molecule has 0 aliphatic heterocycles. The Morgan fingerprint density at radius 3 is 3.00 bits per heavy atom. The van der Waals surface area contributed by atoms with Crippen LogP contribution >= 0.6 is 11.6 Å². The van der Waals surface area contributed by atoms with Crippen LogP contribution in [0, 0.1) is 0 Å². The summed E-state index contributed by atoms with van der Waals surface area (Å²) in [5.41, 5.74) is 0.668. The molecule has 1 atom stereocenters. The lowest BCUT2D eigenvalue weighted by Crippen LogP contribution is -2.39. The van der Waals surface area contributed by atoms with Crippen LogP contribution in [-0.2, 0) is 6.54 Å². The van der Waals surface area contributed by atoms with Crippen LogP contribution in [0.1, 0.15) is 11.7 Å². The van der Waals surface area contributed by atoms with Gasteiger partial charge in [-0.2, -0.15) is 0 Å². The zero-order chi connectivity index (χ0) is 15.1. The van der Waals surface area contributed by atoms with Gasteiger partial charge >= 0.3 is 6.03 Å². The Bertz CT molecular complexity index is 574. The summed E-state index contributed by atoms with van der Waals surface area (Å²) < 4.78 is 1.86. The van der Waals surface area contributed by atoms with E-state index in [1.165, 1.54) is 0 Å². The summed E-state index contributed by atoms with van der Waals surface area (Å²) in [6.07, 6.45) is 4.40. The average molecular weight is 309 g/mol. The normalized spacial score (nSPS) is 11.9. The van der Waals surface area contributed by atoms with E-state index in [4.69, 9.17) is 11.6 Å². The fraction of sp³-hybridized carbons (Fsp3) is 0.286. The molecule has 1 heterocycles. The lowest BCUT2D eigenvalue weighted by Gasteiger charge is -2.13. The van der Waals surface area contributed by atoms with Gasteiger partial charge in [-0.15, -0.1) is 0 Å². The molecule has 2 aromatic rings. The highest BCUT2D eigenvalue weighted by Crippen LogP contribution is 2.16. The van der Waals surface area contributed by atoms with Gasteiger partial charge in [0.15, 0.2) is 0 Å². The summed E-state index contributed by atoms with van der Waals surface area (Å²) >= 11 is 5.85. The molecule has 2 rings (SSSR count). The number of hydrogen-bond acceptors (Lipinski definition) is 3. The Balaban J connectivity index is 1.68. The molecule has 1 aromatic carbocycles. The first-order valence-electron chi connectivity index (χ1n) is 6.56. The lowest BCUT2D eigenvalue weighted by molar-refractivity contribution is 0.173. The van der Waals surface area contributed by atoms with E-state index in [1.54, 1.807) is 36.8 Å². The van der Waals surface area contributed by atoms with Crippen molar-refractivity contribution in [2.24, 2.45) is 0 Å². The number of aliphatic hydroxyl groups excluding tert-OH is 1. The molecule has 6 nitrogen and oxygen atoms in total. The topological polar surface area (TPSA) is 79.2 Å². The van der Waals surface area contributed by atoms with Gasteiger partial charge in [0.05, 0.1) is 12.4 Å². The average Bonchev–Trinajstić information content (AvgIpc) is 2.98. The van der Waals surface area contributed by atoms with Gasteiger partial charge in [0, 0.05) is 37.1 Å². The minimum atomic E-state index is -0.789. The van der Waals surface area contributed by atoms with E-state index in [9.17, 15) is 9.90 Å². The molecular weight excluding hydrogens is 292 g/mol. The van der Waals surface area contributed by atoms with E-state index in [0.717, 1.165) is 0 Å². The number of rotatable bonds is 6. The van der Waals surface area contributed by atoms with Gasteiger partial charge < -0.3 is 20.3 Å².